The van der Waals surface area contributed by atoms with Gasteiger partial charge in [-0.25, -0.2) is 0 Å². The zero-order valence-electron chi connectivity index (χ0n) is 16.8. The van der Waals surface area contributed by atoms with Gasteiger partial charge in [0.1, 0.15) is 5.41 Å². The Morgan fingerprint density at radius 1 is 0.963 bits per heavy atom. The van der Waals surface area contributed by atoms with Gasteiger partial charge < -0.3 is 10.8 Å². The van der Waals surface area contributed by atoms with Gasteiger partial charge in [-0.3, -0.25) is 9.69 Å². The molecule has 0 fully saturated rings. The monoisotopic (exact) mass is 368 g/mol. The molecule has 4 nitrogen and oxygen atoms in total. The maximum atomic E-state index is 12.8. The third-order valence-electron chi connectivity index (χ3n) is 5.40. The van der Waals surface area contributed by atoms with Gasteiger partial charge in [0.25, 0.3) is 0 Å². The van der Waals surface area contributed by atoms with Crippen LogP contribution in [0.4, 0.5) is 0 Å². The normalized spacial score (nSPS) is 15.1. The van der Waals surface area contributed by atoms with Gasteiger partial charge in [0.05, 0.1) is 6.10 Å². The van der Waals surface area contributed by atoms with Crippen LogP contribution in [-0.4, -0.2) is 34.5 Å². The van der Waals surface area contributed by atoms with Crippen molar-refractivity contribution < 1.29 is 9.90 Å². The van der Waals surface area contributed by atoms with E-state index < -0.39 is 17.4 Å². The van der Waals surface area contributed by atoms with Crippen molar-refractivity contribution in [3.05, 3.63) is 71.8 Å². The van der Waals surface area contributed by atoms with Gasteiger partial charge in [-0.05, 0) is 45.2 Å². The lowest BCUT2D eigenvalue weighted by Gasteiger charge is -2.39. The van der Waals surface area contributed by atoms with E-state index in [1.165, 1.54) is 0 Å². The Labute approximate surface area is 163 Å². The van der Waals surface area contributed by atoms with Gasteiger partial charge in [0, 0.05) is 18.6 Å². The molecule has 2 aromatic carbocycles. The topological polar surface area (TPSA) is 66.6 Å². The molecule has 0 radical (unpaired) electrons. The summed E-state index contributed by atoms with van der Waals surface area (Å²) < 4.78 is 0. The minimum Gasteiger partial charge on any atom is -0.387 e. The molecule has 0 bridgehead atoms. The highest BCUT2D eigenvalue weighted by Crippen LogP contribution is 2.41. The Bertz CT molecular complexity index is 708. The van der Waals surface area contributed by atoms with Crippen molar-refractivity contribution in [2.45, 2.75) is 57.7 Å². The van der Waals surface area contributed by atoms with E-state index in [4.69, 9.17) is 5.73 Å². The fourth-order valence-electron chi connectivity index (χ4n) is 3.91. The molecule has 0 saturated heterocycles. The molecule has 3 N–H and O–H groups in total. The van der Waals surface area contributed by atoms with Crippen LogP contribution in [0.25, 0.3) is 0 Å². The number of amides is 1. The first kappa shape index (κ1) is 21.1. The van der Waals surface area contributed by atoms with E-state index in [0.717, 1.165) is 5.56 Å². The summed E-state index contributed by atoms with van der Waals surface area (Å²) in [6, 6.07) is 19.4. The maximum absolute atomic E-state index is 12.8. The fourth-order valence-corrected chi connectivity index (χ4v) is 3.91. The number of primary amides is 1. The number of carbonyl (C=O) groups is 1. The molecule has 0 aliphatic carbocycles. The summed E-state index contributed by atoms with van der Waals surface area (Å²) in [7, 11) is 0. The molecule has 0 heterocycles. The Kier molecular flexibility index (Phi) is 7.17. The van der Waals surface area contributed by atoms with Crippen LogP contribution in [0.5, 0.6) is 0 Å². The van der Waals surface area contributed by atoms with Crippen LogP contribution >= 0.6 is 0 Å². The Hall–Kier alpha value is -2.17. The minimum absolute atomic E-state index is 0.334. The highest BCUT2D eigenvalue weighted by atomic mass is 16.3. The summed E-state index contributed by atoms with van der Waals surface area (Å²) in [4.78, 5) is 15.2. The molecule has 0 aliphatic heterocycles. The van der Waals surface area contributed by atoms with Crippen LogP contribution in [0, 0.1) is 0 Å². The molecule has 2 rings (SSSR count). The number of hydrogen-bond donors (Lipinski definition) is 2. The smallest absolute Gasteiger partial charge is 0.231 e. The highest BCUT2D eigenvalue weighted by Gasteiger charge is 2.46. The average Bonchev–Trinajstić information content (AvgIpc) is 2.65. The van der Waals surface area contributed by atoms with E-state index in [2.05, 4.69) is 32.6 Å². The van der Waals surface area contributed by atoms with Crippen molar-refractivity contribution in [3.63, 3.8) is 0 Å². The molecule has 0 saturated carbocycles. The predicted molar refractivity (Wildman–Crippen MR) is 110 cm³/mol. The zero-order valence-corrected chi connectivity index (χ0v) is 16.8. The van der Waals surface area contributed by atoms with E-state index >= 15 is 0 Å². The predicted octanol–water partition coefficient (Wildman–Crippen LogP) is 3.65. The first-order chi connectivity index (χ1) is 12.8. The molecule has 2 atom stereocenters. The Morgan fingerprint density at radius 2 is 1.44 bits per heavy atom. The van der Waals surface area contributed by atoms with Crippen molar-refractivity contribution in [2.75, 3.05) is 6.54 Å². The highest BCUT2D eigenvalue weighted by molar-refractivity contribution is 5.87. The number of hydrogen-bond acceptors (Lipinski definition) is 3. The number of aliphatic hydroxyl groups excluding tert-OH is 1. The first-order valence-electron chi connectivity index (χ1n) is 9.65. The van der Waals surface area contributed by atoms with Gasteiger partial charge in [-0.2, -0.15) is 0 Å². The summed E-state index contributed by atoms with van der Waals surface area (Å²) >= 11 is 0. The van der Waals surface area contributed by atoms with E-state index in [-0.39, 0.29) is 0 Å². The summed E-state index contributed by atoms with van der Waals surface area (Å²) in [5.41, 5.74) is 6.22. The second kappa shape index (κ2) is 9.16. The van der Waals surface area contributed by atoms with Crippen LogP contribution in [0.1, 0.15) is 51.3 Å². The average molecular weight is 369 g/mol. The summed E-state index contributed by atoms with van der Waals surface area (Å²) in [5.74, 6) is -0.502. The minimum atomic E-state index is -1.19. The summed E-state index contributed by atoms with van der Waals surface area (Å²) in [6.07, 6.45) is -0.571. The molecule has 1 amide bonds. The summed E-state index contributed by atoms with van der Waals surface area (Å²) in [5, 5.41) is 11.3. The van der Waals surface area contributed by atoms with E-state index in [1.54, 1.807) is 0 Å². The van der Waals surface area contributed by atoms with Crippen LogP contribution < -0.4 is 5.73 Å². The van der Waals surface area contributed by atoms with Crippen molar-refractivity contribution in [1.29, 1.82) is 0 Å². The molecule has 0 aliphatic rings. The van der Waals surface area contributed by atoms with Crippen molar-refractivity contribution in [1.82, 2.24) is 4.90 Å². The van der Waals surface area contributed by atoms with Crippen molar-refractivity contribution in [2.24, 2.45) is 5.73 Å². The number of nitrogens with two attached hydrogens (primary N) is 1. The van der Waals surface area contributed by atoms with Crippen molar-refractivity contribution >= 4 is 5.91 Å². The molecular weight excluding hydrogens is 336 g/mol. The Morgan fingerprint density at radius 3 is 1.89 bits per heavy atom. The maximum Gasteiger partial charge on any atom is 0.231 e. The van der Waals surface area contributed by atoms with Gasteiger partial charge >= 0.3 is 0 Å². The second-order valence-corrected chi connectivity index (χ2v) is 7.69. The van der Waals surface area contributed by atoms with Gasteiger partial charge in [0.2, 0.25) is 5.91 Å². The molecule has 2 unspecified atom stereocenters. The fraction of sp³-hybridized carbons (Fsp3) is 0.435. The third-order valence-corrected chi connectivity index (χ3v) is 5.40. The number of benzene rings is 2. The lowest BCUT2D eigenvalue weighted by Crippen LogP contribution is -2.49. The van der Waals surface area contributed by atoms with Crippen LogP contribution in [0.15, 0.2) is 60.7 Å². The lowest BCUT2D eigenvalue weighted by molar-refractivity contribution is -0.129. The standard InChI is InChI=1S/C23H32N2O2/c1-17(2)25(18(3)4)16-15-23(22(24)27,20-13-9-6-10-14-20)21(26)19-11-7-5-8-12-19/h5-14,17-18,21,26H,15-16H2,1-4H3,(H2,24,27). The molecule has 27 heavy (non-hydrogen) atoms. The zero-order chi connectivity index (χ0) is 20.0. The molecular formula is C23H32N2O2. The van der Waals surface area contributed by atoms with E-state index in [1.807, 2.05) is 60.7 Å². The first-order valence-corrected chi connectivity index (χ1v) is 9.65. The number of rotatable bonds is 9. The van der Waals surface area contributed by atoms with Crippen molar-refractivity contribution in [3.8, 4) is 0 Å². The van der Waals surface area contributed by atoms with Crippen LogP contribution in [-0.2, 0) is 10.2 Å². The molecule has 4 heteroatoms. The number of nitrogens with zero attached hydrogens (tertiary/aromatic N) is 1. The van der Waals surface area contributed by atoms with E-state index in [0.29, 0.717) is 30.6 Å². The van der Waals surface area contributed by atoms with Crippen LogP contribution in [0.3, 0.4) is 0 Å². The van der Waals surface area contributed by atoms with Gasteiger partial charge in [-0.1, -0.05) is 60.7 Å². The van der Waals surface area contributed by atoms with Crippen LogP contribution in [0.2, 0.25) is 0 Å². The van der Waals surface area contributed by atoms with E-state index in [9.17, 15) is 9.90 Å². The largest absolute Gasteiger partial charge is 0.387 e. The molecule has 2 aromatic rings. The summed E-state index contributed by atoms with van der Waals surface area (Å²) in [6.45, 7) is 9.23. The third kappa shape index (κ3) is 4.57. The SMILES string of the molecule is CC(C)N(CCC(C(N)=O)(c1ccccc1)C(O)c1ccccc1)C(C)C. The second-order valence-electron chi connectivity index (χ2n) is 7.69. The Balaban J connectivity index is 2.51. The number of carbonyl (C=O) groups excluding carboxylic acids is 1. The number of aliphatic hydroxyl groups is 1. The molecule has 0 spiro atoms. The lowest BCUT2D eigenvalue weighted by atomic mass is 9.70. The quantitative estimate of drug-likeness (QED) is 0.710. The molecule has 146 valence electrons. The van der Waals surface area contributed by atoms with Gasteiger partial charge in [-0.15, -0.1) is 0 Å². The van der Waals surface area contributed by atoms with Gasteiger partial charge in [0.15, 0.2) is 0 Å². The molecule has 0 aromatic heterocycles.